The lowest BCUT2D eigenvalue weighted by Gasteiger charge is -2.19. The van der Waals surface area contributed by atoms with Gasteiger partial charge in [0.15, 0.2) is 0 Å². The first-order valence-corrected chi connectivity index (χ1v) is 7.23. The van der Waals surface area contributed by atoms with Crippen molar-refractivity contribution in [3.8, 4) is 0 Å². The first-order valence-electron chi connectivity index (χ1n) is 7.23. The second-order valence-electron chi connectivity index (χ2n) is 5.82. The first kappa shape index (κ1) is 17.1. The lowest BCUT2D eigenvalue weighted by atomic mass is 9.85. The molecule has 0 atom stereocenters. The Bertz CT molecular complexity index is 364. The van der Waals surface area contributed by atoms with Gasteiger partial charge in [0.25, 0.3) is 0 Å². The molecule has 0 fully saturated rings. The molecule has 0 bridgehead atoms. The van der Waals surface area contributed by atoms with Crippen molar-refractivity contribution in [1.82, 2.24) is 0 Å². The van der Waals surface area contributed by atoms with Crippen LogP contribution in [0.1, 0.15) is 33.6 Å². The molecule has 4 nitrogen and oxygen atoms in total. The molecule has 0 saturated heterocycles. The third kappa shape index (κ3) is 6.98. The van der Waals surface area contributed by atoms with Gasteiger partial charge in [-0.15, -0.1) is 0 Å². The lowest BCUT2D eigenvalue weighted by Crippen LogP contribution is -2.10. The standard InChI is InChI=1S/C16H27NO3/c1-16(2,3)14-4-5-15(17-8-6-14)7-10-19-12-13-20-11-9-18/h4,6,8,18H,5,7,9-13H2,1-3H3. The Morgan fingerprint density at radius 1 is 1.15 bits per heavy atom. The molecule has 20 heavy (non-hydrogen) atoms. The molecule has 1 N–H and O–H groups in total. The third-order valence-electron chi connectivity index (χ3n) is 3.08. The molecule has 0 aromatic heterocycles. The largest absolute Gasteiger partial charge is 0.394 e. The van der Waals surface area contributed by atoms with Crippen LogP contribution in [0.2, 0.25) is 0 Å². The molecule has 0 amide bonds. The molecule has 0 radical (unpaired) electrons. The number of nitrogens with zero attached hydrogens (tertiary/aromatic N) is 1. The van der Waals surface area contributed by atoms with Crippen LogP contribution in [0, 0.1) is 5.41 Å². The number of rotatable bonds is 8. The van der Waals surface area contributed by atoms with Crippen molar-refractivity contribution in [3.05, 3.63) is 23.9 Å². The molecule has 1 aliphatic heterocycles. The predicted molar refractivity (Wildman–Crippen MR) is 82.1 cm³/mol. The van der Waals surface area contributed by atoms with E-state index >= 15 is 0 Å². The monoisotopic (exact) mass is 281 g/mol. The highest BCUT2D eigenvalue weighted by Crippen LogP contribution is 2.27. The van der Waals surface area contributed by atoms with E-state index in [4.69, 9.17) is 14.6 Å². The molecule has 0 spiro atoms. The van der Waals surface area contributed by atoms with Crippen LogP contribution in [-0.2, 0) is 9.47 Å². The summed E-state index contributed by atoms with van der Waals surface area (Å²) < 4.78 is 10.6. The number of hydrogen-bond acceptors (Lipinski definition) is 4. The van der Waals surface area contributed by atoms with E-state index in [0.29, 0.717) is 26.4 Å². The minimum Gasteiger partial charge on any atom is -0.394 e. The number of aliphatic hydroxyl groups is 1. The number of allylic oxidation sites excluding steroid dienone is 3. The molecule has 0 aliphatic carbocycles. The Morgan fingerprint density at radius 3 is 2.50 bits per heavy atom. The van der Waals surface area contributed by atoms with Gasteiger partial charge in [-0.3, -0.25) is 4.99 Å². The van der Waals surface area contributed by atoms with E-state index in [2.05, 4.69) is 37.9 Å². The molecule has 1 heterocycles. The summed E-state index contributed by atoms with van der Waals surface area (Å²) in [5.74, 6) is 0. The molecule has 4 heteroatoms. The van der Waals surface area contributed by atoms with Gasteiger partial charge in [-0.2, -0.15) is 0 Å². The molecular weight excluding hydrogens is 254 g/mol. The van der Waals surface area contributed by atoms with Gasteiger partial charge < -0.3 is 14.6 Å². The van der Waals surface area contributed by atoms with Crippen molar-refractivity contribution >= 4 is 5.71 Å². The summed E-state index contributed by atoms with van der Waals surface area (Å²) >= 11 is 0. The van der Waals surface area contributed by atoms with E-state index in [1.165, 1.54) is 5.57 Å². The summed E-state index contributed by atoms with van der Waals surface area (Å²) in [7, 11) is 0. The van der Waals surface area contributed by atoms with Gasteiger partial charge in [-0.25, -0.2) is 0 Å². The van der Waals surface area contributed by atoms with Crippen molar-refractivity contribution in [2.75, 3.05) is 33.0 Å². The Labute approximate surface area is 122 Å². The van der Waals surface area contributed by atoms with Crippen molar-refractivity contribution < 1.29 is 14.6 Å². The average Bonchev–Trinajstić information content (AvgIpc) is 2.63. The van der Waals surface area contributed by atoms with E-state index in [1.807, 2.05) is 6.20 Å². The lowest BCUT2D eigenvalue weighted by molar-refractivity contribution is 0.0351. The van der Waals surface area contributed by atoms with E-state index < -0.39 is 0 Å². The van der Waals surface area contributed by atoms with E-state index in [0.717, 1.165) is 18.6 Å². The van der Waals surface area contributed by atoms with E-state index in [-0.39, 0.29) is 12.0 Å². The van der Waals surface area contributed by atoms with Gasteiger partial charge in [-0.1, -0.05) is 26.8 Å². The Hall–Kier alpha value is -0.970. The second-order valence-corrected chi connectivity index (χ2v) is 5.82. The highest BCUT2D eigenvalue weighted by Gasteiger charge is 2.15. The van der Waals surface area contributed by atoms with Crippen LogP contribution >= 0.6 is 0 Å². The van der Waals surface area contributed by atoms with Crippen LogP contribution in [0.15, 0.2) is 28.9 Å². The molecule has 1 rings (SSSR count). The van der Waals surface area contributed by atoms with Crippen LogP contribution < -0.4 is 0 Å². The molecular formula is C16H27NO3. The minimum absolute atomic E-state index is 0.0611. The van der Waals surface area contributed by atoms with Crippen molar-refractivity contribution in [3.63, 3.8) is 0 Å². The average molecular weight is 281 g/mol. The van der Waals surface area contributed by atoms with Crippen molar-refractivity contribution in [2.45, 2.75) is 33.6 Å². The Morgan fingerprint density at radius 2 is 1.85 bits per heavy atom. The third-order valence-corrected chi connectivity index (χ3v) is 3.08. The molecule has 114 valence electrons. The van der Waals surface area contributed by atoms with Crippen LogP contribution in [0.5, 0.6) is 0 Å². The summed E-state index contributed by atoms with van der Waals surface area (Å²) in [6.45, 7) is 8.82. The quantitative estimate of drug-likeness (QED) is 0.696. The maximum atomic E-state index is 8.55. The first-order chi connectivity index (χ1) is 9.54. The smallest absolute Gasteiger partial charge is 0.0701 e. The maximum Gasteiger partial charge on any atom is 0.0701 e. The normalized spacial score (nSPS) is 15.8. The number of aliphatic imine (C=N–C) groups is 1. The molecule has 0 aromatic carbocycles. The Balaban J connectivity index is 2.21. The molecule has 0 unspecified atom stereocenters. The Kier molecular flexibility index (Phi) is 7.73. The van der Waals surface area contributed by atoms with Crippen LogP contribution in [0.25, 0.3) is 0 Å². The predicted octanol–water partition coefficient (Wildman–Crippen LogP) is 2.73. The summed E-state index contributed by atoms with van der Waals surface area (Å²) in [5, 5.41) is 8.55. The van der Waals surface area contributed by atoms with Crippen LogP contribution in [0.3, 0.4) is 0 Å². The van der Waals surface area contributed by atoms with Gasteiger partial charge in [0.2, 0.25) is 0 Å². The van der Waals surface area contributed by atoms with Crippen molar-refractivity contribution in [1.29, 1.82) is 0 Å². The zero-order valence-electron chi connectivity index (χ0n) is 12.9. The van der Waals surface area contributed by atoms with Crippen molar-refractivity contribution in [2.24, 2.45) is 10.4 Å². The van der Waals surface area contributed by atoms with Gasteiger partial charge in [0.1, 0.15) is 0 Å². The van der Waals surface area contributed by atoms with Crippen LogP contribution in [-0.4, -0.2) is 43.9 Å². The summed E-state index contributed by atoms with van der Waals surface area (Å²) in [5.41, 5.74) is 2.65. The summed E-state index contributed by atoms with van der Waals surface area (Å²) in [6.07, 6.45) is 7.98. The maximum absolute atomic E-state index is 8.55. The summed E-state index contributed by atoms with van der Waals surface area (Å²) in [6, 6.07) is 0. The van der Waals surface area contributed by atoms with Gasteiger partial charge in [0.05, 0.1) is 33.0 Å². The summed E-state index contributed by atoms with van der Waals surface area (Å²) in [4.78, 5) is 4.47. The molecule has 1 aliphatic rings. The minimum atomic E-state index is 0.0611. The van der Waals surface area contributed by atoms with Crippen LogP contribution in [0.4, 0.5) is 0 Å². The van der Waals surface area contributed by atoms with Gasteiger partial charge in [0, 0.05) is 24.8 Å². The number of ether oxygens (including phenoxy) is 2. The SMILES string of the molecule is CC(C)(C)C1=CCC(CCOCCOCCO)=NC=C1. The van der Waals surface area contributed by atoms with E-state index in [9.17, 15) is 0 Å². The zero-order chi connectivity index (χ0) is 14.8. The highest BCUT2D eigenvalue weighted by molar-refractivity contribution is 5.87. The molecule has 0 saturated carbocycles. The fourth-order valence-electron chi connectivity index (χ4n) is 1.87. The van der Waals surface area contributed by atoms with E-state index in [1.54, 1.807) is 0 Å². The topological polar surface area (TPSA) is 51.0 Å². The zero-order valence-corrected chi connectivity index (χ0v) is 12.9. The van der Waals surface area contributed by atoms with Gasteiger partial charge in [-0.05, 0) is 17.1 Å². The van der Waals surface area contributed by atoms with Gasteiger partial charge >= 0.3 is 0 Å². The number of aliphatic hydroxyl groups excluding tert-OH is 1. The fourth-order valence-corrected chi connectivity index (χ4v) is 1.87. The molecule has 0 aromatic rings. The fraction of sp³-hybridized carbons (Fsp3) is 0.688. The highest BCUT2D eigenvalue weighted by atomic mass is 16.5. The second kappa shape index (κ2) is 9.06. The number of hydrogen-bond donors (Lipinski definition) is 1.